The molecule has 1 saturated heterocycles. The third-order valence-corrected chi connectivity index (χ3v) is 3.07. The zero-order valence-corrected chi connectivity index (χ0v) is 10.6. The number of hydrogen-bond acceptors (Lipinski definition) is 2. The van der Waals surface area contributed by atoms with Gasteiger partial charge in [-0.1, -0.05) is 12.1 Å². The minimum absolute atomic E-state index is 0.0934. The summed E-state index contributed by atoms with van der Waals surface area (Å²) >= 11 is 0. The number of carbonyl (C=O) groups excluding carboxylic acids is 2. The van der Waals surface area contributed by atoms with Crippen LogP contribution in [0.3, 0.4) is 0 Å². The monoisotopic (exact) mass is 286 g/mol. The van der Waals surface area contributed by atoms with Crippen LogP contribution in [0, 0.1) is 5.82 Å². The summed E-state index contributed by atoms with van der Waals surface area (Å²) in [5.41, 5.74) is 0.543. The van der Waals surface area contributed by atoms with Crippen LogP contribution in [0.2, 0.25) is 0 Å². The zero-order valence-electron chi connectivity index (χ0n) is 10.6. The lowest BCUT2D eigenvalue weighted by atomic mass is 10.0. The molecule has 0 radical (unpaired) electrons. The average Bonchev–Trinajstić information content (AvgIpc) is 2.70. The molecule has 0 aromatic heterocycles. The van der Waals surface area contributed by atoms with E-state index in [-0.39, 0.29) is 12.3 Å². The Kier molecular flexibility index (Phi) is 3.69. The highest BCUT2D eigenvalue weighted by Gasteiger charge is 2.39. The van der Waals surface area contributed by atoms with Crippen molar-refractivity contribution < 1.29 is 22.8 Å². The molecule has 7 heteroatoms. The molecule has 0 saturated carbocycles. The van der Waals surface area contributed by atoms with Gasteiger partial charge in [-0.15, -0.1) is 0 Å². The van der Waals surface area contributed by atoms with Crippen LogP contribution in [-0.4, -0.2) is 23.8 Å². The van der Waals surface area contributed by atoms with E-state index in [9.17, 15) is 22.8 Å². The number of alkyl halides is 2. The molecule has 1 aromatic carbocycles. The van der Waals surface area contributed by atoms with Crippen LogP contribution >= 0.6 is 0 Å². The van der Waals surface area contributed by atoms with Gasteiger partial charge in [-0.25, -0.2) is 4.39 Å². The molecule has 1 fully saturated rings. The average molecular weight is 286 g/mol. The molecule has 2 N–H and O–H groups in total. The topological polar surface area (TPSA) is 58.2 Å². The van der Waals surface area contributed by atoms with Gasteiger partial charge in [0.15, 0.2) is 0 Å². The van der Waals surface area contributed by atoms with E-state index in [0.29, 0.717) is 12.5 Å². The van der Waals surface area contributed by atoms with Crippen LogP contribution in [0.5, 0.6) is 0 Å². The fraction of sp³-hybridized carbons (Fsp3) is 0.385. The van der Waals surface area contributed by atoms with Gasteiger partial charge in [-0.3, -0.25) is 9.59 Å². The van der Waals surface area contributed by atoms with E-state index in [1.54, 1.807) is 0 Å². The van der Waals surface area contributed by atoms with Crippen LogP contribution in [0.4, 0.5) is 13.2 Å². The molecular formula is C13H13F3N2O2. The SMILES string of the molecule is CC(F)(F)C(=O)NC1CC(=O)NC1c1ccc(F)cc1. The van der Waals surface area contributed by atoms with Crippen molar-refractivity contribution >= 4 is 11.8 Å². The number of rotatable bonds is 3. The Balaban J connectivity index is 2.17. The Hall–Kier alpha value is -2.05. The predicted molar refractivity (Wildman–Crippen MR) is 64.5 cm³/mol. The smallest absolute Gasteiger partial charge is 0.321 e. The number of carbonyl (C=O) groups is 2. The number of hydrogen-bond donors (Lipinski definition) is 2. The highest BCUT2D eigenvalue weighted by molar-refractivity contribution is 5.86. The summed E-state index contributed by atoms with van der Waals surface area (Å²) in [6.07, 6.45) is -0.0934. The normalized spacial score (nSPS) is 22.5. The summed E-state index contributed by atoms with van der Waals surface area (Å²) in [7, 11) is 0. The standard InChI is InChI=1S/C13H13F3N2O2/c1-13(15,16)12(20)17-9-6-10(19)18-11(9)7-2-4-8(14)5-3-7/h2-5,9,11H,6H2,1H3,(H,17,20)(H,18,19). The van der Waals surface area contributed by atoms with Gasteiger partial charge in [0.05, 0.1) is 12.1 Å². The molecule has 0 bridgehead atoms. The molecule has 1 aliphatic heterocycles. The number of nitrogens with one attached hydrogen (secondary N) is 2. The van der Waals surface area contributed by atoms with Crippen LogP contribution < -0.4 is 10.6 Å². The van der Waals surface area contributed by atoms with Gasteiger partial charge in [0, 0.05) is 13.3 Å². The van der Waals surface area contributed by atoms with Crippen molar-refractivity contribution in [1.82, 2.24) is 10.6 Å². The molecule has 4 nitrogen and oxygen atoms in total. The van der Waals surface area contributed by atoms with Crippen LogP contribution in [0.25, 0.3) is 0 Å². The molecule has 1 aliphatic rings. The quantitative estimate of drug-likeness (QED) is 0.885. The number of benzene rings is 1. The largest absolute Gasteiger partial charge is 0.347 e. The van der Waals surface area contributed by atoms with Crippen LogP contribution in [0.15, 0.2) is 24.3 Å². The van der Waals surface area contributed by atoms with Crippen molar-refractivity contribution in [1.29, 1.82) is 0 Å². The van der Waals surface area contributed by atoms with E-state index in [1.165, 1.54) is 24.3 Å². The van der Waals surface area contributed by atoms with Gasteiger partial charge in [0.2, 0.25) is 5.91 Å². The summed E-state index contributed by atoms with van der Waals surface area (Å²) in [4.78, 5) is 22.7. The predicted octanol–water partition coefficient (Wildman–Crippen LogP) is 1.53. The van der Waals surface area contributed by atoms with E-state index in [4.69, 9.17) is 0 Å². The van der Waals surface area contributed by atoms with Crippen molar-refractivity contribution in [2.45, 2.75) is 31.4 Å². The Morgan fingerprint density at radius 3 is 2.50 bits per heavy atom. The van der Waals surface area contributed by atoms with Gasteiger partial charge in [-0.2, -0.15) is 8.78 Å². The molecular weight excluding hydrogens is 273 g/mol. The second kappa shape index (κ2) is 5.15. The van der Waals surface area contributed by atoms with E-state index < -0.39 is 29.7 Å². The Labute approximate surface area is 113 Å². The van der Waals surface area contributed by atoms with Crippen molar-refractivity contribution in [3.05, 3.63) is 35.6 Å². The van der Waals surface area contributed by atoms with Gasteiger partial charge in [0.25, 0.3) is 5.91 Å². The zero-order chi connectivity index (χ0) is 14.9. The van der Waals surface area contributed by atoms with Crippen LogP contribution in [-0.2, 0) is 9.59 Å². The Morgan fingerprint density at radius 2 is 1.95 bits per heavy atom. The van der Waals surface area contributed by atoms with Gasteiger partial charge < -0.3 is 10.6 Å². The third-order valence-electron chi connectivity index (χ3n) is 3.07. The van der Waals surface area contributed by atoms with E-state index in [0.717, 1.165) is 0 Å². The maximum atomic E-state index is 12.9. The lowest BCUT2D eigenvalue weighted by molar-refractivity contribution is -0.143. The van der Waals surface area contributed by atoms with Crippen molar-refractivity contribution in [2.75, 3.05) is 0 Å². The molecule has 2 atom stereocenters. The third kappa shape index (κ3) is 3.09. The summed E-state index contributed by atoms with van der Waals surface area (Å²) in [6, 6.07) is 3.85. The molecule has 1 heterocycles. The van der Waals surface area contributed by atoms with Crippen molar-refractivity contribution in [3.63, 3.8) is 0 Å². The summed E-state index contributed by atoms with van der Waals surface area (Å²) in [5, 5.41) is 4.72. The van der Waals surface area contributed by atoms with E-state index >= 15 is 0 Å². The number of amides is 2. The van der Waals surface area contributed by atoms with Gasteiger partial charge in [0.1, 0.15) is 5.82 Å². The highest BCUT2D eigenvalue weighted by atomic mass is 19.3. The fourth-order valence-electron chi connectivity index (χ4n) is 2.07. The van der Waals surface area contributed by atoms with E-state index in [2.05, 4.69) is 10.6 Å². The Morgan fingerprint density at radius 1 is 1.35 bits per heavy atom. The molecule has 108 valence electrons. The summed E-state index contributed by atoms with van der Waals surface area (Å²) in [6.45, 7) is 0.486. The minimum atomic E-state index is -3.51. The molecule has 0 aliphatic carbocycles. The first-order valence-corrected chi connectivity index (χ1v) is 6.01. The van der Waals surface area contributed by atoms with Crippen LogP contribution in [0.1, 0.15) is 24.9 Å². The minimum Gasteiger partial charge on any atom is -0.347 e. The molecule has 1 aromatic rings. The highest BCUT2D eigenvalue weighted by Crippen LogP contribution is 2.25. The molecule has 2 rings (SSSR count). The number of halogens is 3. The van der Waals surface area contributed by atoms with Crippen molar-refractivity contribution in [2.24, 2.45) is 0 Å². The van der Waals surface area contributed by atoms with Crippen molar-refractivity contribution in [3.8, 4) is 0 Å². The maximum absolute atomic E-state index is 12.9. The maximum Gasteiger partial charge on any atom is 0.321 e. The molecule has 20 heavy (non-hydrogen) atoms. The summed E-state index contributed by atoms with van der Waals surface area (Å²) in [5.74, 6) is -5.76. The Bertz CT molecular complexity index is 525. The molecule has 0 spiro atoms. The van der Waals surface area contributed by atoms with Gasteiger partial charge in [-0.05, 0) is 17.7 Å². The molecule has 2 unspecified atom stereocenters. The summed E-state index contributed by atoms with van der Waals surface area (Å²) < 4.78 is 38.6. The first-order valence-electron chi connectivity index (χ1n) is 6.01. The first kappa shape index (κ1) is 14.4. The first-order chi connectivity index (χ1) is 9.27. The molecule has 2 amide bonds. The fourth-order valence-corrected chi connectivity index (χ4v) is 2.07. The lowest BCUT2D eigenvalue weighted by Crippen LogP contribution is -2.45. The second-order valence-electron chi connectivity index (χ2n) is 4.77. The second-order valence-corrected chi connectivity index (χ2v) is 4.77. The lowest BCUT2D eigenvalue weighted by Gasteiger charge is -2.22. The van der Waals surface area contributed by atoms with Gasteiger partial charge >= 0.3 is 5.92 Å². The van der Waals surface area contributed by atoms with E-state index in [1.807, 2.05) is 0 Å².